The number of carbonyl (C=O) groups is 2. The van der Waals surface area contributed by atoms with E-state index in [0.29, 0.717) is 5.56 Å². The summed E-state index contributed by atoms with van der Waals surface area (Å²) in [6, 6.07) is 15.6. The lowest BCUT2D eigenvalue weighted by Crippen LogP contribution is -2.34. The number of aryl methyl sites for hydroxylation is 2. The van der Waals surface area contributed by atoms with Crippen LogP contribution in [0.15, 0.2) is 65.6 Å². The number of rotatable bonds is 7. The normalized spacial score (nSPS) is 12.1. The van der Waals surface area contributed by atoms with Crippen LogP contribution in [0, 0.1) is 13.8 Å². The Morgan fingerprint density at radius 3 is 2.03 bits per heavy atom. The predicted molar refractivity (Wildman–Crippen MR) is 133 cm³/mol. The number of anilines is 2. The van der Waals surface area contributed by atoms with Gasteiger partial charge in [-0.15, -0.1) is 0 Å². The molecule has 0 saturated heterocycles. The highest BCUT2D eigenvalue weighted by Crippen LogP contribution is 2.34. The predicted octanol–water partition coefficient (Wildman–Crippen LogP) is 5.11. The molecule has 0 fully saturated rings. The standard InChI is InChI=1S/C25H25ClN2O5S/c1-4-23(34(32,33)18-11-7-16(3)8-12-18)25(31)27-20-14-22(29)21(13-19(20)26)28-24(30)17-9-5-15(2)6-10-17/h5-14,23,29H,4H2,1-3H3,(H,27,31)(H,28,30). The minimum Gasteiger partial charge on any atom is -0.506 e. The Morgan fingerprint density at radius 2 is 1.47 bits per heavy atom. The number of hydrogen-bond acceptors (Lipinski definition) is 5. The van der Waals surface area contributed by atoms with Gasteiger partial charge in [-0.2, -0.15) is 0 Å². The quantitative estimate of drug-likeness (QED) is 0.390. The zero-order chi connectivity index (χ0) is 25.0. The first-order valence-electron chi connectivity index (χ1n) is 10.5. The van der Waals surface area contributed by atoms with Crippen molar-refractivity contribution in [1.82, 2.24) is 0 Å². The smallest absolute Gasteiger partial charge is 0.255 e. The van der Waals surface area contributed by atoms with Crippen LogP contribution in [0.1, 0.15) is 34.8 Å². The molecule has 178 valence electrons. The molecule has 0 heterocycles. The van der Waals surface area contributed by atoms with Crippen molar-refractivity contribution < 1.29 is 23.1 Å². The molecule has 3 rings (SSSR count). The highest BCUT2D eigenvalue weighted by molar-refractivity contribution is 7.92. The number of halogens is 1. The van der Waals surface area contributed by atoms with E-state index in [1.54, 1.807) is 43.3 Å². The van der Waals surface area contributed by atoms with Gasteiger partial charge in [-0.1, -0.05) is 53.9 Å². The van der Waals surface area contributed by atoms with Gasteiger partial charge in [0.25, 0.3) is 5.91 Å². The fraction of sp³-hybridized carbons (Fsp3) is 0.200. The monoisotopic (exact) mass is 500 g/mol. The molecule has 0 aliphatic heterocycles. The van der Waals surface area contributed by atoms with E-state index in [4.69, 9.17) is 11.6 Å². The number of carbonyl (C=O) groups excluding carboxylic acids is 2. The van der Waals surface area contributed by atoms with E-state index in [1.807, 2.05) is 13.8 Å². The second kappa shape index (κ2) is 10.3. The molecule has 3 N–H and O–H groups in total. The van der Waals surface area contributed by atoms with Gasteiger partial charge in [-0.25, -0.2) is 8.42 Å². The molecule has 2 amide bonds. The van der Waals surface area contributed by atoms with E-state index in [-0.39, 0.29) is 33.5 Å². The van der Waals surface area contributed by atoms with Gasteiger partial charge in [0.1, 0.15) is 11.0 Å². The summed E-state index contributed by atoms with van der Waals surface area (Å²) in [6.45, 7) is 5.33. The van der Waals surface area contributed by atoms with Gasteiger partial charge >= 0.3 is 0 Å². The van der Waals surface area contributed by atoms with Crippen molar-refractivity contribution >= 4 is 44.6 Å². The maximum atomic E-state index is 13.0. The van der Waals surface area contributed by atoms with Crippen molar-refractivity contribution in [2.45, 2.75) is 37.3 Å². The fourth-order valence-electron chi connectivity index (χ4n) is 3.31. The summed E-state index contributed by atoms with van der Waals surface area (Å²) in [5.74, 6) is -1.56. The Morgan fingerprint density at radius 1 is 0.912 bits per heavy atom. The number of phenols is 1. The molecule has 0 spiro atoms. The van der Waals surface area contributed by atoms with E-state index >= 15 is 0 Å². The Balaban J connectivity index is 1.80. The summed E-state index contributed by atoms with van der Waals surface area (Å²) >= 11 is 6.27. The SMILES string of the molecule is CCC(C(=O)Nc1cc(O)c(NC(=O)c2ccc(C)cc2)cc1Cl)S(=O)(=O)c1ccc(C)cc1. The summed E-state index contributed by atoms with van der Waals surface area (Å²) in [4.78, 5) is 25.4. The van der Waals surface area contributed by atoms with Crippen LogP contribution in [0.4, 0.5) is 11.4 Å². The minimum atomic E-state index is -3.94. The second-order valence-electron chi connectivity index (χ2n) is 7.91. The molecule has 7 nitrogen and oxygen atoms in total. The molecule has 0 aliphatic rings. The van der Waals surface area contributed by atoms with Crippen molar-refractivity contribution in [1.29, 1.82) is 0 Å². The molecular formula is C25H25ClN2O5S. The molecule has 0 radical (unpaired) electrons. The van der Waals surface area contributed by atoms with Gasteiger partial charge in [-0.05, 0) is 50.6 Å². The maximum absolute atomic E-state index is 13.0. The number of sulfone groups is 1. The van der Waals surface area contributed by atoms with Crippen molar-refractivity contribution in [3.63, 3.8) is 0 Å². The summed E-state index contributed by atoms with van der Waals surface area (Å²) in [7, 11) is -3.94. The van der Waals surface area contributed by atoms with Gasteiger partial charge in [0, 0.05) is 11.6 Å². The van der Waals surface area contributed by atoms with Crippen LogP contribution in [0.3, 0.4) is 0 Å². The molecule has 0 aliphatic carbocycles. The van der Waals surface area contributed by atoms with E-state index in [2.05, 4.69) is 10.6 Å². The van der Waals surface area contributed by atoms with Crippen LogP contribution < -0.4 is 10.6 Å². The Labute approximate surface area is 203 Å². The first kappa shape index (κ1) is 25.3. The average Bonchev–Trinajstić information content (AvgIpc) is 2.78. The van der Waals surface area contributed by atoms with Gasteiger partial charge < -0.3 is 15.7 Å². The van der Waals surface area contributed by atoms with Crippen LogP contribution in [0.5, 0.6) is 5.75 Å². The minimum absolute atomic E-state index is 0.0212. The third-order valence-electron chi connectivity index (χ3n) is 5.29. The molecule has 1 atom stereocenters. The van der Waals surface area contributed by atoms with E-state index in [9.17, 15) is 23.1 Å². The first-order valence-corrected chi connectivity index (χ1v) is 12.5. The van der Waals surface area contributed by atoms with E-state index < -0.39 is 26.9 Å². The number of nitrogens with one attached hydrogen (secondary N) is 2. The second-order valence-corrected chi connectivity index (χ2v) is 10.5. The van der Waals surface area contributed by atoms with E-state index in [0.717, 1.165) is 17.2 Å². The largest absolute Gasteiger partial charge is 0.506 e. The number of hydrogen-bond donors (Lipinski definition) is 3. The molecule has 0 saturated carbocycles. The first-order chi connectivity index (χ1) is 16.0. The zero-order valence-electron chi connectivity index (χ0n) is 18.9. The lowest BCUT2D eigenvalue weighted by Gasteiger charge is -2.17. The highest BCUT2D eigenvalue weighted by Gasteiger charge is 2.33. The van der Waals surface area contributed by atoms with Crippen LogP contribution in [-0.2, 0) is 14.6 Å². The Hall–Kier alpha value is -3.36. The molecule has 3 aromatic rings. The van der Waals surface area contributed by atoms with Crippen LogP contribution in [-0.4, -0.2) is 30.6 Å². The summed E-state index contributed by atoms with van der Waals surface area (Å²) in [6.07, 6.45) is 0.0380. The number of amides is 2. The number of benzene rings is 3. The zero-order valence-corrected chi connectivity index (χ0v) is 20.5. The third kappa shape index (κ3) is 5.58. The Bertz CT molecular complexity index is 1320. The number of phenolic OH excluding ortho intramolecular Hbond substituents is 1. The summed E-state index contributed by atoms with van der Waals surface area (Å²) < 4.78 is 26.0. The van der Waals surface area contributed by atoms with Gasteiger partial charge in [-0.3, -0.25) is 9.59 Å². The van der Waals surface area contributed by atoms with Gasteiger partial charge in [0.2, 0.25) is 5.91 Å². The van der Waals surface area contributed by atoms with E-state index in [1.165, 1.54) is 18.2 Å². The molecular weight excluding hydrogens is 476 g/mol. The number of aromatic hydroxyl groups is 1. The average molecular weight is 501 g/mol. The molecule has 1 unspecified atom stereocenters. The Kier molecular flexibility index (Phi) is 7.64. The topological polar surface area (TPSA) is 113 Å². The van der Waals surface area contributed by atoms with Crippen molar-refractivity contribution in [2.24, 2.45) is 0 Å². The van der Waals surface area contributed by atoms with Crippen molar-refractivity contribution in [3.05, 3.63) is 82.4 Å². The van der Waals surface area contributed by atoms with Crippen LogP contribution in [0.25, 0.3) is 0 Å². The molecule has 9 heteroatoms. The highest BCUT2D eigenvalue weighted by atomic mass is 35.5. The van der Waals surface area contributed by atoms with Gasteiger partial charge in [0.05, 0.1) is 21.3 Å². The molecule has 34 heavy (non-hydrogen) atoms. The third-order valence-corrected chi connectivity index (χ3v) is 7.83. The summed E-state index contributed by atoms with van der Waals surface area (Å²) in [5.41, 5.74) is 2.36. The maximum Gasteiger partial charge on any atom is 0.255 e. The summed E-state index contributed by atoms with van der Waals surface area (Å²) in [5, 5.41) is 14.1. The van der Waals surface area contributed by atoms with Gasteiger partial charge in [0.15, 0.2) is 9.84 Å². The van der Waals surface area contributed by atoms with Crippen molar-refractivity contribution in [2.75, 3.05) is 10.6 Å². The van der Waals surface area contributed by atoms with Crippen LogP contribution >= 0.6 is 11.6 Å². The molecule has 3 aromatic carbocycles. The lowest BCUT2D eigenvalue weighted by molar-refractivity contribution is -0.115. The fourth-order valence-corrected chi connectivity index (χ4v) is 5.14. The van der Waals surface area contributed by atoms with Crippen molar-refractivity contribution in [3.8, 4) is 5.75 Å². The molecule has 0 aromatic heterocycles. The molecule has 0 bridgehead atoms. The van der Waals surface area contributed by atoms with Crippen LogP contribution in [0.2, 0.25) is 5.02 Å². The lowest BCUT2D eigenvalue weighted by atomic mass is 10.1.